The number of aliphatic imine (C=N–C) groups is 1. The van der Waals surface area contributed by atoms with E-state index in [1.54, 1.807) is 13.8 Å². The van der Waals surface area contributed by atoms with Gasteiger partial charge < -0.3 is 85.5 Å². The lowest BCUT2D eigenvalue weighted by atomic mass is 10.0. The highest BCUT2D eigenvalue weighted by atomic mass is 32.1. The molecule has 0 aliphatic heterocycles. The standard InChI is InChI=1S/C46H81N13O16S/c1-21(2)16-25(47)37(66)57-31(20-76)42(71)52-26(10-9-15-50-46(48)49)38(67)51-18-32(61)58-35(23(5)6)43(72)54-27(11-13-33(62)63)39(68)53-28(12-14-34(64)65)40(69)59-36(24(7)8)44(73)56-30(19-60)41(70)55-29(45(74)75)17-22(3)4/h21-31,35-36,60,76H,9-20,47H2,1-8H3,(H,51,67)(H,52,71)(H,53,68)(H,54,72)(H,55,70)(H,56,73)(H,57,66)(H,58,61)(H,59,69)(H,62,63)(H,64,65)(H,74,75)(H4,48,49,50)/t25-,26-,27-,28-,29-,30-,31-,35-,36-/m0/s1. The lowest BCUT2D eigenvalue weighted by Gasteiger charge is -2.28. The van der Waals surface area contributed by atoms with Crippen molar-refractivity contribution in [2.75, 3.05) is 25.4 Å². The van der Waals surface area contributed by atoms with Gasteiger partial charge in [-0.1, -0.05) is 55.4 Å². The van der Waals surface area contributed by atoms with Crippen LogP contribution in [0.1, 0.15) is 107 Å². The number of aliphatic hydroxyl groups excluding tert-OH is 1. The molecule has 29 nitrogen and oxygen atoms in total. The van der Waals surface area contributed by atoms with E-state index in [9.17, 15) is 78.0 Å². The Morgan fingerprint density at radius 1 is 0.500 bits per heavy atom. The molecule has 0 aliphatic carbocycles. The van der Waals surface area contributed by atoms with Crippen LogP contribution in [-0.2, 0) is 57.5 Å². The number of hydrogen-bond acceptors (Lipinski definition) is 16. The highest BCUT2D eigenvalue weighted by molar-refractivity contribution is 7.80. The molecule has 9 atom stereocenters. The Labute approximate surface area is 446 Å². The quantitative estimate of drug-likeness (QED) is 0.0121. The van der Waals surface area contributed by atoms with Crippen molar-refractivity contribution in [2.45, 2.75) is 161 Å². The smallest absolute Gasteiger partial charge is 0.326 e. The number of carboxylic acids is 3. The van der Waals surface area contributed by atoms with Crippen molar-refractivity contribution < 1.29 is 78.0 Å². The minimum atomic E-state index is -1.74. The number of carbonyl (C=O) groups excluding carboxylic acids is 9. The van der Waals surface area contributed by atoms with Crippen molar-refractivity contribution in [3.63, 3.8) is 0 Å². The molecule has 30 heteroatoms. The highest BCUT2D eigenvalue weighted by Gasteiger charge is 2.36. The van der Waals surface area contributed by atoms with Crippen LogP contribution in [0.25, 0.3) is 0 Å². The van der Waals surface area contributed by atoms with E-state index in [-0.39, 0.29) is 49.4 Å². The molecule has 0 aromatic rings. The number of carbonyl (C=O) groups is 12. The largest absolute Gasteiger partial charge is 0.481 e. The van der Waals surface area contributed by atoms with Crippen molar-refractivity contribution >= 4 is 89.7 Å². The van der Waals surface area contributed by atoms with Crippen molar-refractivity contribution in [2.24, 2.45) is 45.9 Å². The van der Waals surface area contributed by atoms with Crippen LogP contribution >= 0.6 is 12.6 Å². The van der Waals surface area contributed by atoms with Crippen LogP contribution in [0.3, 0.4) is 0 Å². The zero-order valence-electron chi connectivity index (χ0n) is 44.3. The fraction of sp³-hybridized carbons (Fsp3) is 0.717. The van der Waals surface area contributed by atoms with Crippen LogP contribution in [0, 0.1) is 23.7 Å². The maximum absolute atomic E-state index is 13.9. The van der Waals surface area contributed by atoms with Gasteiger partial charge in [-0.2, -0.15) is 12.6 Å². The van der Waals surface area contributed by atoms with E-state index < -0.39 is 176 Å². The van der Waals surface area contributed by atoms with Gasteiger partial charge in [0.15, 0.2) is 5.96 Å². The molecule has 0 fully saturated rings. The van der Waals surface area contributed by atoms with E-state index in [4.69, 9.17) is 17.2 Å². The number of aliphatic hydroxyl groups is 1. The Balaban J connectivity index is 6.38. The molecular formula is C46H81N13O16S. The number of aliphatic carboxylic acids is 3. The van der Waals surface area contributed by atoms with E-state index in [0.29, 0.717) is 6.42 Å². The normalized spacial score (nSPS) is 14.7. The summed E-state index contributed by atoms with van der Waals surface area (Å²) in [6, 6.07) is -12.9. The van der Waals surface area contributed by atoms with Gasteiger partial charge in [0.25, 0.3) is 0 Å². The topological polar surface area (TPSA) is 484 Å². The van der Waals surface area contributed by atoms with Crippen LogP contribution in [0.2, 0.25) is 0 Å². The van der Waals surface area contributed by atoms with Crippen molar-refractivity contribution in [1.82, 2.24) is 47.9 Å². The second-order valence-electron chi connectivity index (χ2n) is 19.5. The molecule has 0 aromatic carbocycles. The number of hydrogen-bond donors (Lipinski definition) is 17. The summed E-state index contributed by atoms with van der Waals surface area (Å²) in [5.74, 6) is -14.8. The SMILES string of the molecule is CC(C)C[C@H](NC(=O)[C@H](CO)NC(=O)[C@@H](NC(=O)[C@H](CCC(=O)O)NC(=O)[C@H](CCC(=O)O)NC(=O)[C@@H](NC(=O)CNC(=O)[C@H](CCCN=C(N)N)NC(=O)[C@H](CS)NC(=O)[C@@H](N)CC(C)C)C(C)C)C(C)C)C(=O)O. The molecule has 0 radical (unpaired) electrons. The summed E-state index contributed by atoms with van der Waals surface area (Å²) < 4.78 is 0. The average Bonchev–Trinajstić information content (AvgIpc) is 3.31. The van der Waals surface area contributed by atoms with E-state index >= 15 is 0 Å². The molecule has 9 amide bonds. The predicted molar refractivity (Wildman–Crippen MR) is 277 cm³/mol. The monoisotopic (exact) mass is 1100 g/mol. The van der Waals surface area contributed by atoms with Gasteiger partial charge in [0.05, 0.1) is 19.2 Å². The zero-order valence-corrected chi connectivity index (χ0v) is 45.2. The van der Waals surface area contributed by atoms with Gasteiger partial charge in [-0.05, 0) is 62.2 Å². The molecule has 0 saturated heterocycles. The Bertz CT molecular complexity index is 2040. The molecule has 76 heavy (non-hydrogen) atoms. The molecule has 0 saturated carbocycles. The van der Waals surface area contributed by atoms with Gasteiger partial charge in [-0.25, -0.2) is 4.79 Å². The number of nitrogens with one attached hydrogen (secondary N) is 9. The number of nitrogens with two attached hydrogens (primary N) is 3. The predicted octanol–water partition coefficient (Wildman–Crippen LogP) is -4.50. The first-order valence-corrected chi connectivity index (χ1v) is 25.4. The third-order valence-electron chi connectivity index (χ3n) is 11.1. The molecule has 0 aromatic heterocycles. The summed E-state index contributed by atoms with van der Waals surface area (Å²) in [5.41, 5.74) is 16.8. The second-order valence-corrected chi connectivity index (χ2v) is 19.9. The number of guanidine groups is 1. The summed E-state index contributed by atoms with van der Waals surface area (Å²) in [6.07, 6.45) is -2.16. The second kappa shape index (κ2) is 35.4. The molecule has 0 heterocycles. The lowest BCUT2D eigenvalue weighted by molar-refractivity contribution is -0.143. The van der Waals surface area contributed by atoms with Gasteiger partial charge in [0.2, 0.25) is 53.2 Å². The highest BCUT2D eigenvalue weighted by Crippen LogP contribution is 2.11. The van der Waals surface area contributed by atoms with Gasteiger partial charge in [0.1, 0.15) is 48.3 Å². The average molecular weight is 1100 g/mol. The van der Waals surface area contributed by atoms with Crippen molar-refractivity contribution in [3.05, 3.63) is 0 Å². The van der Waals surface area contributed by atoms with Crippen LogP contribution in [0.5, 0.6) is 0 Å². The van der Waals surface area contributed by atoms with Gasteiger partial charge in [-0.3, -0.25) is 57.7 Å². The molecule has 19 N–H and O–H groups in total. The first-order valence-electron chi connectivity index (χ1n) is 24.7. The number of nitrogens with zero attached hydrogens (tertiary/aromatic N) is 1. The van der Waals surface area contributed by atoms with Gasteiger partial charge in [-0.15, -0.1) is 0 Å². The first-order chi connectivity index (χ1) is 35.3. The first kappa shape index (κ1) is 69.2. The maximum Gasteiger partial charge on any atom is 0.326 e. The number of carboxylic acid groups (broad SMARTS) is 3. The van der Waals surface area contributed by atoms with Crippen LogP contribution in [0.15, 0.2) is 4.99 Å². The summed E-state index contributed by atoms with van der Waals surface area (Å²) in [6.45, 7) is 11.4. The lowest BCUT2D eigenvalue weighted by Crippen LogP contribution is -2.61. The maximum atomic E-state index is 13.9. The third-order valence-corrected chi connectivity index (χ3v) is 11.5. The van der Waals surface area contributed by atoms with E-state index in [1.165, 1.54) is 27.7 Å². The fourth-order valence-corrected chi connectivity index (χ4v) is 7.26. The number of rotatable bonds is 37. The van der Waals surface area contributed by atoms with Crippen molar-refractivity contribution in [3.8, 4) is 0 Å². The Morgan fingerprint density at radius 3 is 1.34 bits per heavy atom. The Morgan fingerprint density at radius 2 is 0.908 bits per heavy atom. The number of thiol groups is 1. The summed E-state index contributed by atoms with van der Waals surface area (Å²) in [7, 11) is 0. The molecule has 0 aliphatic rings. The molecule has 0 unspecified atom stereocenters. The van der Waals surface area contributed by atoms with Crippen molar-refractivity contribution in [1.29, 1.82) is 0 Å². The van der Waals surface area contributed by atoms with Crippen LogP contribution < -0.4 is 65.1 Å². The molecule has 0 spiro atoms. The number of amides is 9. The minimum absolute atomic E-state index is 0.0220. The van der Waals surface area contributed by atoms with Gasteiger partial charge in [0, 0.05) is 25.1 Å². The summed E-state index contributed by atoms with van der Waals surface area (Å²) in [4.78, 5) is 159. The van der Waals surface area contributed by atoms with Crippen LogP contribution in [-0.4, -0.2) is 177 Å². The molecule has 0 bridgehead atoms. The van der Waals surface area contributed by atoms with E-state index in [0.717, 1.165) is 0 Å². The fourth-order valence-electron chi connectivity index (χ4n) is 7.00. The summed E-state index contributed by atoms with van der Waals surface area (Å²) in [5, 5.41) is 59.8. The van der Waals surface area contributed by atoms with Crippen LogP contribution in [0.4, 0.5) is 0 Å². The molecular weight excluding hydrogens is 1020 g/mol. The van der Waals surface area contributed by atoms with Gasteiger partial charge >= 0.3 is 17.9 Å². The third kappa shape index (κ3) is 27.6. The molecule has 0 rings (SSSR count). The van der Waals surface area contributed by atoms with E-state index in [2.05, 4.69) is 65.5 Å². The minimum Gasteiger partial charge on any atom is -0.481 e. The van der Waals surface area contributed by atoms with E-state index in [1.807, 2.05) is 13.8 Å². The zero-order chi connectivity index (χ0) is 58.6. The molecule has 432 valence electrons. The Kier molecular flexibility index (Phi) is 32.3. The Hall–Kier alpha value is -6.82. The summed E-state index contributed by atoms with van der Waals surface area (Å²) >= 11 is 4.16.